The maximum absolute atomic E-state index is 13.7. The van der Waals surface area contributed by atoms with Gasteiger partial charge in [-0.05, 0) is 51.5 Å². The third-order valence-electron chi connectivity index (χ3n) is 4.02. The van der Waals surface area contributed by atoms with Gasteiger partial charge in [0.05, 0.1) is 17.2 Å². The standard InChI is InChI=1S/C16H19ClF2O2/c1-10(20)12-7-13(17)15(8-14(12)18)21-9-11-3-5-16(2,19)6-4-11/h7-8,11H,3-6,9H2,1-2H3. The largest absolute Gasteiger partial charge is 0.492 e. The van der Waals surface area contributed by atoms with Crippen LogP contribution in [0.5, 0.6) is 5.75 Å². The second-order valence-electron chi connectivity index (χ2n) is 5.99. The molecule has 2 rings (SSSR count). The van der Waals surface area contributed by atoms with Gasteiger partial charge in [0, 0.05) is 6.07 Å². The quantitative estimate of drug-likeness (QED) is 0.732. The van der Waals surface area contributed by atoms with Crippen molar-refractivity contribution in [2.75, 3.05) is 6.61 Å². The number of ketones is 1. The molecule has 0 saturated heterocycles. The van der Waals surface area contributed by atoms with Crippen LogP contribution in [0.1, 0.15) is 49.9 Å². The Kier molecular flexibility index (Phi) is 4.87. The van der Waals surface area contributed by atoms with Crippen molar-refractivity contribution in [1.29, 1.82) is 0 Å². The average molecular weight is 317 g/mol. The lowest BCUT2D eigenvalue weighted by atomic mass is 9.81. The van der Waals surface area contributed by atoms with Gasteiger partial charge in [0.1, 0.15) is 17.2 Å². The Morgan fingerprint density at radius 3 is 2.62 bits per heavy atom. The molecule has 0 amide bonds. The van der Waals surface area contributed by atoms with Gasteiger partial charge in [0.25, 0.3) is 0 Å². The van der Waals surface area contributed by atoms with Crippen molar-refractivity contribution in [3.8, 4) is 5.75 Å². The highest BCUT2D eigenvalue weighted by atomic mass is 35.5. The second-order valence-corrected chi connectivity index (χ2v) is 6.39. The molecule has 0 N–H and O–H groups in total. The number of hydrogen-bond donors (Lipinski definition) is 0. The zero-order valence-electron chi connectivity index (χ0n) is 12.2. The minimum Gasteiger partial charge on any atom is -0.492 e. The van der Waals surface area contributed by atoms with Gasteiger partial charge in [0.15, 0.2) is 5.78 Å². The van der Waals surface area contributed by atoms with Gasteiger partial charge in [-0.3, -0.25) is 4.79 Å². The SMILES string of the molecule is CC(=O)c1cc(Cl)c(OCC2CCC(C)(F)CC2)cc1F. The molecule has 5 heteroatoms. The van der Waals surface area contributed by atoms with E-state index in [1.165, 1.54) is 13.0 Å². The molecule has 1 aliphatic carbocycles. The maximum Gasteiger partial charge on any atom is 0.162 e. The molecule has 0 bridgehead atoms. The monoisotopic (exact) mass is 316 g/mol. The van der Waals surface area contributed by atoms with E-state index in [4.69, 9.17) is 16.3 Å². The molecule has 0 unspecified atom stereocenters. The van der Waals surface area contributed by atoms with Gasteiger partial charge in [0.2, 0.25) is 0 Å². The minimum atomic E-state index is -1.08. The summed E-state index contributed by atoms with van der Waals surface area (Å²) in [4.78, 5) is 11.2. The minimum absolute atomic E-state index is 0.0433. The molecule has 0 radical (unpaired) electrons. The van der Waals surface area contributed by atoms with Crippen LogP contribution in [0.25, 0.3) is 0 Å². The van der Waals surface area contributed by atoms with Crippen LogP contribution >= 0.6 is 11.6 Å². The molecule has 1 fully saturated rings. The van der Waals surface area contributed by atoms with Crippen LogP contribution in [-0.4, -0.2) is 18.1 Å². The van der Waals surface area contributed by atoms with E-state index in [9.17, 15) is 13.6 Å². The molecule has 1 aromatic carbocycles. The number of hydrogen-bond acceptors (Lipinski definition) is 2. The lowest BCUT2D eigenvalue weighted by molar-refractivity contribution is 0.0846. The number of benzene rings is 1. The van der Waals surface area contributed by atoms with Crippen molar-refractivity contribution in [2.24, 2.45) is 5.92 Å². The maximum atomic E-state index is 13.7. The van der Waals surface area contributed by atoms with Crippen molar-refractivity contribution < 1.29 is 18.3 Å². The summed E-state index contributed by atoms with van der Waals surface area (Å²) >= 11 is 6.00. The summed E-state index contributed by atoms with van der Waals surface area (Å²) in [6.45, 7) is 3.29. The molecular weight excluding hydrogens is 298 g/mol. The molecule has 116 valence electrons. The molecule has 0 aromatic heterocycles. The topological polar surface area (TPSA) is 26.3 Å². The van der Waals surface area contributed by atoms with E-state index in [1.54, 1.807) is 6.92 Å². The van der Waals surface area contributed by atoms with Gasteiger partial charge in [-0.1, -0.05) is 11.6 Å². The molecule has 0 atom stereocenters. The van der Waals surface area contributed by atoms with Crippen molar-refractivity contribution in [2.45, 2.75) is 45.2 Å². The molecule has 2 nitrogen and oxygen atoms in total. The summed E-state index contributed by atoms with van der Waals surface area (Å²) in [5.41, 5.74) is -1.12. The molecule has 1 aliphatic rings. The number of rotatable bonds is 4. The first-order valence-corrected chi connectivity index (χ1v) is 7.48. The Balaban J connectivity index is 1.98. The molecule has 1 aromatic rings. The average Bonchev–Trinajstić information content (AvgIpc) is 2.40. The number of ether oxygens (including phenoxy) is 1. The van der Waals surface area contributed by atoms with E-state index in [0.29, 0.717) is 19.4 Å². The van der Waals surface area contributed by atoms with Crippen LogP contribution in [0.15, 0.2) is 12.1 Å². The molecule has 0 aliphatic heterocycles. The normalized spacial score (nSPS) is 25.7. The van der Waals surface area contributed by atoms with E-state index in [2.05, 4.69) is 0 Å². The second kappa shape index (κ2) is 6.30. The summed E-state index contributed by atoms with van der Waals surface area (Å²) in [6.07, 6.45) is 2.54. The summed E-state index contributed by atoms with van der Waals surface area (Å²) in [7, 11) is 0. The molecule has 21 heavy (non-hydrogen) atoms. The van der Waals surface area contributed by atoms with Crippen LogP contribution in [-0.2, 0) is 0 Å². The van der Waals surface area contributed by atoms with Crippen molar-refractivity contribution in [3.63, 3.8) is 0 Å². The van der Waals surface area contributed by atoms with Gasteiger partial charge in [-0.2, -0.15) is 0 Å². The fourth-order valence-electron chi connectivity index (χ4n) is 2.56. The fourth-order valence-corrected chi connectivity index (χ4v) is 2.78. The lowest BCUT2D eigenvalue weighted by Crippen LogP contribution is -2.28. The Bertz CT molecular complexity index is 533. The Morgan fingerprint density at radius 2 is 2.05 bits per heavy atom. The highest BCUT2D eigenvalue weighted by molar-refractivity contribution is 6.32. The van der Waals surface area contributed by atoms with E-state index >= 15 is 0 Å². The Morgan fingerprint density at radius 1 is 1.43 bits per heavy atom. The lowest BCUT2D eigenvalue weighted by Gasteiger charge is -2.30. The summed E-state index contributed by atoms with van der Waals surface area (Å²) < 4.78 is 33.0. The Hall–Kier alpha value is -1.16. The van der Waals surface area contributed by atoms with Gasteiger partial charge in [-0.15, -0.1) is 0 Å². The third kappa shape index (κ3) is 4.16. The van der Waals surface area contributed by atoms with Crippen LogP contribution < -0.4 is 4.74 Å². The van der Waals surface area contributed by atoms with E-state index < -0.39 is 11.5 Å². The van der Waals surface area contributed by atoms with E-state index in [1.807, 2.05) is 0 Å². The van der Waals surface area contributed by atoms with Crippen molar-refractivity contribution >= 4 is 17.4 Å². The van der Waals surface area contributed by atoms with Crippen molar-refractivity contribution in [3.05, 3.63) is 28.5 Å². The van der Waals surface area contributed by atoms with Crippen molar-refractivity contribution in [1.82, 2.24) is 0 Å². The molecule has 0 heterocycles. The number of halogens is 3. The first-order valence-electron chi connectivity index (χ1n) is 7.10. The first kappa shape index (κ1) is 16.2. The van der Waals surface area contributed by atoms with Crippen LogP contribution in [0.3, 0.4) is 0 Å². The number of carbonyl (C=O) groups is 1. The van der Waals surface area contributed by atoms with Gasteiger partial charge in [-0.25, -0.2) is 8.78 Å². The zero-order chi connectivity index (χ0) is 15.6. The first-order chi connectivity index (χ1) is 9.78. The number of carbonyl (C=O) groups excluding carboxylic acids is 1. The van der Waals surface area contributed by atoms with E-state index in [0.717, 1.165) is 18.9 Å². The highest BCUT2D eigenvalue weighted by Crippen LogP contribution is 2.35. The smallest absolute Gasteiger partial charge is 0.162 e. The van der Waals surface area contributed by atoms with E-state index in [-0.39, 0.29) is 28.0 Å². The van der Waals surface area contributed by atoms with Crippen LogP contribution in [0.4, 0.5) is 8.78 Å². The number of alkyl halides is 1. The highest BCUT2D eigenvalue weighted by Gasteiger charge is 2.30. The van der Waals surface area contributed by atoms with Crippen LogP contribution in [0, 0.1) is 11.7 Å². The Labute approximate surface area is 128 Å². The summed E-state index contributed by atoms with van der Waals surface area (Å²) in [5.74, 6) is -0.537. The fraction of sp³-hybridized carbons (Fsp3) is 0.562. The third-order valence-corrected chi connectivity index (χ3v) is 4.32. The predicted molar refractivity (Wildman–Crippen MR) is 78.4 cm³/mol. The zero-order valence-corrected chi connectivity index (χ0v) is 13.0. The molecular formula is C16H19ClF2O2. The number of Topliss-reactive ketones (excluding diaryl/α,β-unsaturated/α-hetero) is 1. The molecule has 1 saturated carbocycles. The molecule has 0 spiro atoms. The summed E-state index contributed by atoms with van der Waals surface area (Å²) in [5, 5.41) is 0.215. The predicted octanol–water partition coefficient (Wildman–Crippen LogP) is 4.98. The summed E-state index contributed by atoms with van der Waals surface area (Å²) in [6, 6.07) is 2.43. The van der Waals surface area contributed by atoms with Gasteiger partial charge < -0.3 is 4.74 Å². The van der Waals surface area contributed by atoms with Crippen LogP contribution in [0.2, 0.25) is 5.02 Å². The van der Waals surface area contributed by atoms with Gasteiger partial charge >= 0.3 is 0 Å².